The van der Waals surface area contributed by atoms with Crippen LogP contribution in [0, 0.1) is 11.8 Å². The van der Waals surface area contributed by atoms with Crippen LogP contribution in [0.5, 0.6) is 0 Å². The Hall–Kier alpha value is -0.910. The van der Waals surface area contributed by atoms with E-state index in [9.17, 15) is 8.42 Å². The zero-order chi connectivity index (χ0) is 14.8. The van der Waals surface area contributed by atoms with Gasteiger partial charge in [-0.3, -0.25) is 0 Å². The minimum absolute atomic E-state index is 0.140. The number of benzene rings is 1. The number of aliphatic hydroxyl groups is 1. The van der Waals surface area contributed by atoms with Crippen LogP contribution in [0.1, 0.15) is 32.3 Å². The maximum absolute atomic E-state index is 12.6. The van der Waals surface area contributed by atoms with Gasteiger partial charge in [-0.25, -0.2) is 8.42 Å². The lowest BCUT2D eigenvalue weighted by molar-refractivity contribution is 0.226. The summed E-state index contributed by atoms with van der Waals surface area (Å²) >= 11 is 0. The summed E-state index contributed by atoms with van der Waals surface area (Å²) in [7, 11) is -3.42. The maximum atomic E-state index is 12.6. The minimum Gasteiger partial charge on any atom is -0.392 e. The second kappa shape index (κ2) is 6.24. The number of nitrogens with zero attached hydrogens (tertiary/aromatic N) is 1. The van der Waals surface area contributed by atoms with E-state index in [0.29, 0.717) is 30.5 Å². The number of sulfonamides is 1. The standard InChI is InChI=1S/C15H23NO3S/c1-12(2)14-6-8-16(9-7-14)20(18,19)15-5-3-4-13(10-15)11-17/h3-5,10,12,14,17H,6-9,11H2,1-2H3. The number of hydrogen-bond donors (Lipinski definition) is 1. The summed E-state index contributed by atoms with van der Waals surface area (Å²) in [6.07, 6.45) is 1.85. The fourth-order valence-corrected chi connectivity index (χ4v) is 4.28. The smallest absolute Gasteiger partial charge is 0.243 e. The Morgan fingerprint density at radius 3 is 2.50 bits per heavy atom. The lowest BCUT2D eigenvalue weighted by atomic mass is 9.87. The van der Waals surface area contributed by atoms with Gasteiger partial charge < -0.3 is 5.11 Å². The first-order chi connectivity index (χ1) is 9.45. The summed E-state index contributed by atoms with van der Waals surface area (Å²) in [6.45, 7) is 5.43. The second-order valence-corrected chi connectivity index (χ2v) is 7.73. The van der Waals surface area contributed by atoms with E-state index >= 15 is 0 Å². The average molecular weight is 297 g/mol. The van der Waals surface area contributed by atoms with Crippen molar-refractivity contribution in [2.75, 3.05) is 13.1 Å². The summed E-state index contributed by atoms with van der Waals surface area (Å²) in [6, 6.07) is 6.57. The highest BCUT2D eigenvalue weighted by Gasteiger charge is 2.30. The van der Waals surface area contributed by atoms with E-state index in [1.807, 2.05) is 0 Å². The Balaban J connectivity index is 2.15. The minimum atomic E-state index is -3.42. The molecule has 1 aromatic carbocycles. The molecule has 1 aliphatic heterocycles. The van der Waals surface area contributed by atoms with Gasteiger partial charge in [0, 0.05) is 13.1 Å². The molecule has 0 saturated carbocycles. The van der Waals surface area contributed by atoms with Crippen molar-refractivity contribution in [1.82, 2.24) is 4.31 Å². The number of hydrogen-bond acceptors (Lipinski definition) is 3. The Kier molecular flexibility index (Phi) is 4.83. The molecule has 0 aromatic heterocycles. The number of rotatable bonds is 4. The van der Waals surface area contributed by atoms with Gasteiger partial charge in [-0.05, 0) is 42.4 Å². The predicted octanol–water partition coefficient (Wildman–Crippen LogP) is 2.24. The SMILES string of the molecule is CC(C)C1CCN(S(=O)(=O)c2cccc(CO)c2)CC1. The molecule has 1 N–H and O–H groups in total. The molecule has 4 nitrogen and oxygen atoms in total. The first-order valence-corrected chi connectivity index (χ1v) is 8.59. The maximum Gasteiger partial charge on any atom is 0.243 e. The predicted molar refractivity (Wildman–Crippen MR) is 78.7 cm³/mol. The van der Waals surface area contributed by atoms with Crippen molar-refractivity contribution in [3.8, 4) is 0 Å². The Morgan fingerprint density at radius 2 is 1.95 bits per heavy atom. The van der Waals surface area contributed by atoms with Crippen molar-refractivity contribution >= 4 is 10.0 Å². The Bertz CT molecular complexity index is 546. The van der Waals surface area contributed by atoms with Crippen LogP contribution < -0.4 is 0 Å². The van der Waals surface area contributed by atoms with Gasteiger partial charge in [0.2, 0.25) is 10.0 Å². The summed E-state index contributed by atoms with van der Waals surface area (Å²) in [5, 5.41) is 9.13. The molecule has 112 valence electrons. The molecule has 0 radical (unpaired) electrons. The highest BCUT2D eigenvalue weighted by atomic mass is 32.2. The van der Waals surface area contributed by atoms with Crippen molar-refractivity contribution in [3.05, 3.63) is 29.8 Å². The third-order valence-corrected chi connectivity index (χ3v) is 6.05. The average Bonchev–Trinajstić information content (AvgIpc) is 2.47. The van der Waals surface area contributed by atoms with Gasteiger partial charge in [0.15, 0.2) is 0 Å². The number of piperidine rings is 1. The fraction of sp³-hybridized carbons (Fsp3) is 0.600. The molecule has 1 fully saturated rings. The molecule has 0 bridgehead atoms. The zero-order valence-corrected chi connectivity index (χ0v) is 12.9. The third-order valence-electron chi connectivity index (χ3n) is 4.16. The van der Waals surface area contributed by atoms with Crippen LogP contribution in [0.25, 0.3) is 0 Å². The van der Waals surface area contributed by atoms with Crippen LogP contribution in [0.3, 0.4) is 0 Å². The van der Waals surface area contributed by atoms with Crippen molar-refractivity contribution in [3.63, 3.8) is 0 Å². The van der Waals surface area contributed by atoms with E-state index in [1.165, 1.54) is 0 Å². The molecule has 1 heterocycles. The highest BCUT2D eigenvalue weighted by Crippen LogP contribution is 2.28. The monoisotopic (exact) mass is 297 g/mol. The summed E-state index contributed by atoms with van der Waals surface area (Å²) in [4.78, 5) is 0.284. The van der Waals surface area contributed by atoms with Crippen LogP contribution in [0.4, 0.5) is 0 Å². The summed E-state index contributed by atoms with van der Waals surface area (Å²) < 4.78 is 26.7. The van der Waals surface area contributed by atoms with Crippen molar-refractivity contribution < 1.29 is 13.5 Å². The Labute approximate surface area is 121 Å². The molecule has 1 aliphatic rings. The molecule has 0 atom stereocenters. The molecule has 5 heteroatoms. The lowest BCUT2D eigenvalue weighted by Crippen LogP contribution is -2.39. The van der Waals surface area contributed by atoms with E-state index in [2.05, 4.69) is 13.8 Å². The highest BCUT2D eigenvalue weighted by molar-refractivity contribution is 7.89. The van der Waals surface area contributed by atoms with Crippen LogP contribution in [-0.4, -0.2) is 30.9 Å². The van der Waals surface area contributed by atoms with Gasteiger partial charge in [-0.1, -0.05) is 26.0 Å². The normalized spacial score (nSPS) is 18.6. The summed E-state index contributed by atoms with van der Waals surface area (Å²) in [5.41, 5.74) is 0.628. The van der Waals surface area contributed by atoms with E-state index in [4.69, 9.17) is 5.11 Å². The molecular weight excluding hydrogens is 274 g/mol. The van der Waals surface area contributed by atoms with Gasteiger partial charge in [-0.15, -0.1) is 0 Å². The fourth-order valence-electron chi connectivity index (χ4n) is 2.74. The third kappa shape index (κ3) is 3.22. The zero-order valence-electron chi connectivity index (χ0n) is 12.1. The first kappa shape index (κ1) is 15.5. The summed E-state index contributed by atoms with van der Waals surface area (Å²) in [5.74, 6) is 1.22. The molecule has 0 amide bonds. The van der Waals surface area contributed by atoms with E-state index in [-0.39, 0.29) is 11.5 Å². The first-order valence-electron chi connectivity index (χ1n) is 7.15. The van der Waals surface area contributed by atoms with Gasteiger partial charge in [0.1, 0.15) is 0 Å². The van der Waals surface area contributed by atoms with Crippen LogP contribution in [-0.2, 0) is 16.6 Å². The molecule has 0 aliphatic carbocycles. The molecule has 1 saturated heterocycles. The van der Waals surface area contributed by atoms with E-state index in [1.54, 1.807) is 28.6 Å². The molecule has 1 aromatic rings. The van der Waals surface area contributed by atoms with Crippen molar-refractivity contribution in [2.45, 2.75) is 38.2 Å². The topological polar surface area (TPSA) is 57.6 Å². The number of aliphatic hydroxyl groups excluding tert-OH is 1. The second-order valence-electron chi connectivity index (χ2n) is 5.79. The molecule has 2 rings (SSSR count). The van der Waals surface area contributed by atoms with Crippen LogP contribution >= 0.6 is 0 Å². The largest absolute Gasteiger partial charge is 0.392 e. The van der Waals surface area contributed by atoms with Gasteiger partial charge >= 0.3 is 0 Å². The van der Waals surface area contributed by atoms with Gasteiger partial charge in [0.05, 0.1) is 11.5 Å². The van der Waals surface area contributed by atoms with Gasteiger partial charge in [-0.2, -0.15) is 4.31 Å². The molecule has 0 unspecified atom stereocenters. The van der Waals surface area contributed by atoms with E-state index < -0.39 is 10.0 Å². The van der Waals surface area contributed by atoms with Crippen molar-refractivity contribution in [1.29, 1.82) is 0 Å². The Morgan fingerprint density at radius 1 is 1.30 bits per heavy atom. The molecule has 0 spiro atoms. The molecule has 20 heavy (non-hydrogen) atoms. The van der Waals surface area contributed by atoms with Crippen molar-refractivity contribution in [2.24, 2.45) is 11.8 Å². The van der Waals surface area contributed by atoms with Gasteiger partial charge in [0.25, 0.3) is 0 Å². The van der Waals surface area contributed by atoms with Crippen LogP contribution in [0.2, 0.25) is 0 Å². The lowest BCUT2D eigenvalue weighted by Gasteiger charge is -2.33. The van der Waals surface area contributed by atoms with Crippen LogP contribution in [0.15, 0.2) is 29.2 Å². The van der Waals surface area contributed by atoms with E-state index in [0.717, 1.165) is 12.8 Å². The quantitative estimate of drug-likeness (QED) is 0.927. The molecular formula is C15H23NO3S.